The van der Waals surface area contributed by atoms with Crippen molar-refractivity contribution >= 4 is 29.9 Å². The van der Waals surface area contributed by atoms with Crippen LogP contribution in [-0.2, 0) is 18.5 Å². The highest BCUT2D eigenvalue weighted by Crippen LogP contribution is 2.22. The molecule has 2 aromatic rings. The number of nitrogens with zero attached hydrogens (tertiary/aromatic N) is 4. The SMILES string of the molecule is CCNC(=NCc1ncc(C(C)(C)C)o1)NCCn1cccn1.I. The molecule has 0 fully saturated rings. The van der Waals surface area contributed by atoms with E-state index in [1.54, 1.807) is 12.4 Å². The van der Waals surface area contributed by atoms with Gasteiger partial charge in [-0.2, -0.15) is 5.10 Å². The summed E-state index contributed by atoms with van der Waals surface area (Å²) in [4.78, 5) is 8.80. The van der Waals surface area contributed by atoms with E-state index in [-0.39, 0.29) is 29.4 Å². The second-order valence-electron chi connectivity index (χ2n) is 6.26. The van der Waals surface area contributed by atoms with E-state index < -0.39 is 0 Å². The van der Waals surface area contributed by atoms with Crippen LogP contribution < -0.4 is 10.6 Å². The number of aliphatic imine (C=N–C) groups is 1. The minimum absolute atomic E-state index is 0. The zero-order chi connectivity index (χ0) is 16.7. The molecule has 134 valence electrons. The maximum absolute atomic E-state index is 5.75. The van der Waals surface area contributed by atoms with Crippen LogP contribution in [0.1, 0.15) is 39.3 Å². The molecular formula is C16H27IN6O. The zero-order valence-corrected chi connectivity index (χ0v) is 17.1. The van der Waals surface area contributed by atoms with Crippen molar-refractivity contribution in [2.75, 3.05) is 13.1 Å². The molecule has 0 amide bonds. The fraction of sp³-hybridized carbons (Fsp3) is 0.562. The number of hydrogen-bond acceptors (Lipinski definition) is 4. The van der Waals surface area contributed by atoms with Crippen molar-refractivity contribution in [3.8, 4) is 0 Å². The van der Waals surface area contributed by atoms with Crippen molar-refractivity contribution in [2.45, 2.75) is 46.2 Å². The highest BCUT2D eigenvalue weighted by Gasteiger charge is 2.18. The predicted molar refractivity (Wildman–Crippen MR) is 106 cm³/mol. The smallest absolute Gasteiger partial charge is 0.216 e. The Kier molecular flexibility index (Phi) is 8.23. The normalized spacial score (nSPS) is 11.9. The maximum Gasteiger partial charge on any atom is 0.216 e. The molecule has 0 radical (unpaired) electrons. The highest BCUT2D eigenvalue weighted by atomic mass is 127. The fourth-order valence-electron chi connectivity index (χ4n) is 1.94. The summed E-state index contributed by atoms with van der Waals surface area (Å²) in [5.41, 5.74) is -0.0402. The van der Waals surface area contributed by atoms with E-state index >= 15 is 0 Å². The van der Waals surface area contributed by atoms with Crippen LogP contribution in [0.4, 0.5) is 0 Å². The Balaban J connectivity index is 0.00000288. The van der Waals surface area contributed by atoms with E-state index in [1.807, 2.05) is 23.9 Å². The van der Waals surface area contributed by atoms with E-state index in [9.17, 15) is 0 Å². The summed E-state index contributed by atoms with van der Waals surface area (Å²) in [6.07, 6.45) is 5.49. The Labute approximate surface area is 160 Å². The first-order chi connectivity index (χ1) is 11.0. The van der Waals surface area contributed by atoms with Gasteiger partial charge in [-0.15, -0.1) is 24.0 Å². The minimum atomic E-state index is -0.0402. The zero-order valence-electron chi connectivity index (χ0n) is 14.7. The lowest BCUT2D eigenvalue weighted by molar-refractivity contribution is 0.383. The molecule has 0 saturated carbocycles. The van der Waals surface area contributed by atoms with E-state index in [4.69, 9.17) is 4.42 Å². The molecule has 0 aliphatic heterocycles. The Morgan fingerprint density at radius 2 is 2.12 bits per heavy atom. The van der Waals surface area contributed by atoms with Gasteiger partial charge in [0.2, 0.25) is 5.89 Å². The molecule has 2 aromatic heterocycles. The number of guanidine groups is 1. The predicted octanol–water partition coefficient (Wildman–Crippen LogP) is 2.54. The number of aromatic nitrogens is 3. The van der Waals surface area contributed by atoms with Gasteiger partial charge in [0, 0.05) is 30.9 Å². The van der Waals surface area contributed by atoms with Gasteiger partial charge in [0.05, 0.1) is 12.7 Å². The standard InChI is InChI=1S/C16H26N6O.HI/c1-5-17-15(18-8-10-22-9-6-7-21-22)20-12-14-19-11-13(23-14)16(2,3)4;/h6-7,9,11H,5,8,10,12H2,1-4H3,(H2,17,18,20);1H. The van der Waals surface area contributed by atoms with Crippen LogP contribution in [0.5, 0.6) is 0 Å². The van der Waals surface area contributed by atoms with Crippen LogP contribution in [0.15, 0.2) is 34.1 Å². The van der Waals surface area contributed by atoms with Crippen LogP contribution in [0.25, 0.3) is 0 Å². The Morgan fingerprint density at radius 1 is 1.33 bits per heavy atom. The number of nitrogens with one attached hydrogen (secondary N) is 2. The van der Waals surface area contributed by atoms with Gasteiger partial charge in [-0.1, -0.05) is 20.8 Å². The molecular weight excluding hydrogens is 419 g/mol. The Bertz CT molecular complexity index is 615. The van der Waals surface area contributed by atoms with E-state index in [0.29, 0.717) is 12.4 Å². The van der Waals surface area contributed by atoms with Crippen LogP contribution in [0, 0.1) is 0 Å². The minimum Gasteiger partial charge on any atom is -0.443 e. The molecule has 0 aliphatic carbocycles. The summed E-state index contributed by atoms with van der Waals surface area (Å²) < 4.78 is 7.63. The Hall–Kier alpha value is -1.58. The first-order valence-corrected chi connectivity index (χ1v) is 7.94. The van der Waals surface area contributed by atoms with Crippen molar-refractivity contribution < 1.29 is 4.42 Å². The first kappa shape index (κ1) is 20.5. The summed E-state index contributed by atoms with van der Waals surface area (Å²) in [6.45, 7) is 11.1. The Morgan fingerprint density at radius 3 is 2.71 bits per heavy atom. The summed E-state index contributed by atoms with van der Waals surface area (Å²) in [5.74, 6) is 2.24. The number of rotatable bonds is 6. The van der Waals surface area contributed by atoms with Crippen LogP contribution in [0.3, 0.4) is 0 Å². The second-order valence-corrected chi connectivity index (χ2v) is 6.26. The molecule has 24 heavy (non-hydrogen) atoms. The topological polar surface area (TPSA) is 80.3 Å². The first-order valence-electron chi connectivity index (χ1n) is 7.94. The van der Waals surface area contributed by atoms with Crippen molar-refractivity contribution in [2.24, 2.45) is 4.99 Å². The number of halogens is 1. The monoisotopic (exact) mass is 446 g/mol. The van der Waals surface area contributed by atoms with Crippen LogP contribution in [0.2, 0.25) is 0 Å². The van der Waals surface area contributed by atoms with Gasteiger partial charge in [-0.3, -0.25) is 4.68 Å². The fourth-order valence-corrected chi connectivity index (χ4v) is 1.94. The largest absolute Gasteiger partial charge is 0.443 e. The van der Waals surface area contributed by atoms with Gasteiger partial charge in [-0.05, 0) is 13.0 Å². The molecule has 0 bridgehead atoms. The van der Waals surface area contributed by atoms with Gasteiger partial charge in [0.15, 0.2) is 5.96 Å². The molecule has 0 atom stereocenters. The van der Waals surface area contributed by atoms with E-state index in [0.717, 1.165) is 31.4 Å². The maximum atomic E-state index is 5.75. The van der Waals surface area contributed by atoms with Crippen molar-refractivity contribution in [1.29, 1.82) is 0 Å². The van der Waals surface area contributed by atoms with Crippen molar-refractivity contribution in [3.05, 3.63) is 36.3 Å². The molecule has 0 aliphatic rings. The van der Waals surface area contributed by atoms with Gasteiger partial charge in [0.1, 0.15) is 12.3 Å². The van der Waals surface area contributed by atoms with Gasteiger partial charge < -0.3 is 15.1 Å². The second kappa shape index (κ2) is 9.65. The molecule has 8 heteroatoms. The average molecular weight is 446 g/mol. The molecule has 2 heterocycles. The summed E-state index contributed by atoms with van der Waals surface area (Å²) >= 11 is 0. The van der Waals surface area contributed by atoms with Crippen molar-refractivity contribution in [3.63, 3.8) is 0 Å². The third-order valence-electron chi connectivity index (χ3n) is 3.20. The average Bonchev–Trinajstić information content (AvgIpc) is 3.15. The van der Waals surface area contributed by atoms with Gasteiger partial charge in [-0.25, -0.2) is 9.98 Å². The van der Waals surface area contributed by atoms with Crippen LogP contribution in [-0.4, -0.2) is 33.8 Å². The molecule has 0 spiro atoms. The highest BCUT2D eigenvalue weighted by molar-refractivity contribution is 14.0. The third-order valence-corrected chi connectivity index (χ3v) is 3.20. The lowest BCUT2D eigenvalue weighted by Gasteiger charge is -2.13. The third kappa shape index (κ3) is 6.50. The van der Waals surface area contributed by atoms with Crippen molar-refractivity contribution in [1.82, 2.24) is 25.4 Å². The number of oxazole rings is 1. The molecule has 0 aromatic carbocycles. The molecule has 2 rings (SSSR count). The van der Waals surface area contributed by atoms with E-state index in [2.05, 4.69) is 46.5 Å². The molecule has 7 nitrogen and oxygen atoms in total. The number of hydrogen-bond donors (Lipinski definition) is 2. The molecule has 2 N–H and O–H groups in total. The lowest BCUT2D eigenvalue weighted by atomic mass is 9.94. The van der Waals surface area contributed by atoms with Gasteiger partial charge in [0.25, 0.3) is 0 Å². The summed E-state index contributed by atoms with van der Waals surface area (Å²) in [5, 5.41) is 10.7. The van der Waals surface area contributed by atoms with Gasteiger partial charge >= 0.3 is 0 Å². The molecule has 0 unspecified atom stereocenters. The molecule has 0 saturated heterocycles. The lowest BCUT2D eigenvalue weighted by Crippen LogP contribution is -2.38. The summed E-state index contributed by atoms with van der Waals surface area (Å²) in [7, 11) is 0. The van der Waals surface area contributed by atoms with E-state index in [1.165, 1.54) is 0 Å². The van der Waals surface area contributed by atoms with Crippen LogP contribution >= 0.6 is 24.0 Å². The quantitative estimate of drug-likeness (QED) is 0.405. The summed E-state index contributed by atoms with van der Waals surface area (Å²) in [6, 6.07) is 1.91.